The summed E-state index contributed by atoms with van der Waals surface area (Å²) >= 11 is 0. The molecule has 2 aliphatic rings. The van der Waals surface area contributed by atoms with Crippen LogP contribution in [0.4, 0.5) is 4.79 Å². The van der Waals surface area contributed by atoms with Crippen LogP contribution in [0.15, 0.2) is 42.6 Å². The third-order valence-electron chi connectivity index (χ3n) is 7.00. The van der Waals surface area contributed by atoms with Crippen LogP contribution >= 0.6 is 0 Å². The lowest BCUT2D eigenvalue weighted by molar-refractivity contribution is -0.0366. The van der Waals surface area contributed by atoms with E-state index >= 15 is 0 Å². The summed E-state index contributed by atoms with van der Waals surface area (Å²) in [7, 11) is 0. The van der Waals surface area contributed by atoms with E-state index in [9.17, 15) is 9.90 Å². The van der Waals surface area contributed by atoms with Gasteiger partial charge in [0.25, 0.3) is 0 Å². The molecule has 1 saturated heterocycles. The Morgan fingerprint density at radius 3 is 2.49 bits per heavy atom. The average molecular weight is 508 g/mol. The zero-order valence-electron chi connectivity index (χ0n) is 21.9. The van der Waals surface area contributed by atoms with Crippen molar-refractivity contribution in [3.63, 3.8) is 0 Å². The average Bonchev–Trinajstić information content (AvgIpc) is 3.29. The number of phenols is 1. The number of hydrogen-bond acceptors (Lipinski definition) is 6. The van der Waals surface area contributed by atoms with E-state index in [1.54, 1.807) is 12.1 Å². The van der Waals surface area contributed by atoms with E-state index in [0.717, 1.165) is 79.3 Å². The molecule has 1 atom stereocenters. The summed E-state index contributed by atoms with van der Waals surface area (Å²) in [5.74, 6) is 1.03. The van der Waals surface area contributed by atoms with E-state index in [0.29, 0.717) is 0 Å². The monoisotopic (exact) mass is 507 g/mol. The molecule has 198 valence electrons. The number of carbonyl (C=O) groups excluding carboxylic acids is 1. The van der Waals surface area contributed by atoms with Gasteiger partial charge in [0.1, 0.15) is 17.1 Å². The van der Waals surface area contributed by atoms with E-state index in [-0.39, 0.29) is 30.2 Å². The first-order valence-corrected chi connectivity index (χ1v) is 13.3. The summed E-state index contributed by atoms with van der Waals surface area (Å²) in [4.78, 5) is 12.2. The third kappa shape index (κ3) is 6.18. The molecule has 1 aromatic heterocycles. The highest BCUT2D eigenvalue weighted by atomic mass is 16.6. The van der Waals surface area contributed by atoms with Gasteiger partial charge in [0.15, 0.2) is 6.23 Å². The molecule has 2 aromatic carbocycles. The molecular weight excluding hydrogens is 470 g/mol. The van der Waals surface area contributed by atoms with Gasteiger partial charge in [0, 0.05) is 12.6 Å². The van der Waals surface area contributed by atoms with Crippen LogP contribution in [-0.2, 0) is 9.47 Å². The molecule has 0 bridgehead atoms. The van der Waals surface area contributed by atoms with Crippen molar-refractivity contribution in [3.8, 4) is 22.6 Å². The lowest BCUT2D eigenvalue weighted by Crippen LogP contribution is -2.42. The molecule has 8 heteroatoms. The van der Waals surface area contributed by atoms with Gasteiger partial charge in [0.05, 0.1) is 23.2 Å². The molecule has 2 N–H and O–H groups in total. The van der Waals surface area contributed by atoms with Crippen molar-refractivity contribution in [1.82, 2.24) is 15.1 Å². The highest BCUT2D eigenvalue weighted by molar-refractivity contribution is 5.90. The number of fused-ring (bicyclic) bond motifs is 1. The largest absolute Gasteiger partial charge is 0.508 e. The molecule has 37 heavy (non-hydrogen) atoms. The fourth-order valence-corrected chi connectivity index (χ4v) is 5.16. The van der Waals surface area contributed by atoms with Crippen LogP contribution in [0.5, 0.6) is 11.5 Å². The highest BCUT2D eigenvalue weighted by Crippen LogP contribution is 2.37. The normalized spacial score (nSPS) is 22.5. The van der Waals surface area contributed by atoms with E-state index in [1.165, 1.54) is 0 Å². The van der Waals surface area contributed by atoms with E-state index in [4.69, 9.17) is 19.3 Å². The summed E-state index contributed by atoms with van der Waals surface area (Å²) < 4.78 is 20.0. The van der Waals surface area contributed by atoms with Crippen LogP contribution < -0.4 is 10.1 Å². The maximum absolute atomic E-state index is 12.2. The second kappa shape index (κ2) is 10.6. The van der Waals surface area contributed by atoms with Gasteiger partial charge >= 0.3 is 6.09 Å². The number of nitrogens with zero attached hydrogens (tertiary/aromatic N) is 2. The molecule has 2 heterocycles. The first-order valence-electron chi connectivity index (χ1n) is 13.3. The minimum atomic E-state index is -0.509. The van der Waals surface area contributed by atoms with Crippen molar-refractivity contribution in [2.75, 3.05) is 6.61 Å². The van der Waals surface area contributed by atoms with Crippen molar-refractivity contribution < 1.29 is 24.1 Å². The number of nitrogens with one attached hydrogen (secondary N) is 1. The minimum Gasteiger partial charge on any atom is -0.508 e. The van der Waals surface area contributed by atoms with Crippen molar-refractivity contribution in [1.29, 1.82) is 0 Å². The van der Waals surface area contributed by atoms with E-state index < -0.39 is 5.60 Å². The van der Waals surface area contributed by atoms with Gasteiger partial charge in [-0.15, -0.1) is 0 Å². The predicted molar refractivity (Wildman–Crippen MR) is 142 cm³/mol. The molecule has 3 aromatic rings. The highest BCUT2D eigenvalue weighted by Gasteiger charge is 2.27. The molecular formula is C29H37N3O5. The molecule has 8 nitrogen and oxygen atoms in total. The Morgan fingerprint density at radius 1 is 1.05 bits per heavy atom. The van der Waals surface area contributed by atoms with Gasteiger partial charge in [-0.25, -0.2) is 9.48 Å². The van der Waals surface area contributed by atoms with Gasteiger partial charge in [-0.1, -0.05) is 12.1 Å². The number of hydrogen-bond donors (Lipinski definition) is 2. The number of benzene rings is 2. The number of aromatic nitrogens is 2. The second-order valence-corrected chi connectivity index (χ2v) is 11.1. The Hall–Kier alpha value is -3.26. The molecule has 2 fully saturated rings. The summed E-state index contributed by atoms with van der Waals surface area (Å²) in [5, 5.41) is 18.4. The van der Waals surface area contributed by atoms with Gasteiger partial charge in [-0.05, 0) is 101 Å². The number of aromatic hydroxyl groups is 1. The second-order valence-electron chi connectivity index (χ2n) is 11.1. The van der Waals surface area contributed by atoms with Crippen molar-refractivity contribution >= 4 is 17.0 Å². The third-order valence-corrected chi connectivity index (χ3v) is 7.00. The van der Waals surface area contributed by atoms with Crippen LogP contribution in [-0.4, -0.2) is 45.3 Å². The zero-order valence-corrected chi connectivity index (χ0v) is 21.9. The summed E-state index contributed by atoms with van der Waals surface area (Å²) in [6.45, 7) is 6.35. The van der Waals surface area contributed by atoms with Crippen LogP contribution in [0.25, 0.3) is 22.0 Å². The predicted octanol–water partition coefficient (Wildman–Crippen LogP) is 6.32. The van der Waals surface area contributed by atoms with Crippen molar-refractivity contribution in [2.24, 2.45) is 0 Å². The molecule has 1 saturated carbocycles. The van der Waals surface area contributed by atoms with Gasteiger partial charge in [0.2, 0.25) is 0 Å². The molecule has 1 aliphatic carbocycles. The number of phenolic OH excluding ortho intramolecular Hbond substituents is 1. The summed E-state index contributed by atoms with van der Waals surface area (Å²) in [6.07, 6.45) is 7.95. The van der Waals surface area contributed by atoms with Crippen molar-refractivity contribution in [2.45, 2.75) is 89.7 Å². The van der Waals surface area contributed by atoms with Crippen LogP contribution in [0, 0.1) is 0 Å². The SMILES string of the molecule is CC(C)(C)OC(=O)N[C@H]1CC[C@@H](Oc2cc(-c3ccc(O)cc3)cc3c2cnn3C2CCCCO2)CC1. The van der Waals surface area contributed by atoms with Gasteiger partial charge < -0.3 is 24.6 Å². The Kier molecular flexibility index (Phi) is 7.29. The number of carbonyl (C=O) groups is 1. The topological polar surface area (TPSA) is 94.8 Å². The van der Waals surface area contributed by atoms with Crippen LogP contribution in [0.1, 0.15) is 71.9 Å². The Labute approximate surface area is 217 Å². The summed E-state index contributed by atoms with van der Waals surface area (Å²) in [6, 6.07) is 11.5. The number of amides is 1. The lowest BCUT2D eigenvalue weighted by Gasteiger charge is -2.30. The van der Waals surface area contributed by atoms with Crippen molar-refractivity contribution in [3.05, 3.63) is 42.6 Å². The van der Waals surface area contributed by atoms with E-state index in [2.05, 4.69) is 17.4 Å². The first kappa shape index (κ1) is 25.4. The first-order chi connectivity index (χ1) is 17.7. The fourth-order valence-electron chi connectivity index (χ4n) is 5.16. The van der Waals surface area contributed by atoms with Gasteiger partial charge in [-0.3, -0.25) is 0 Å². The van der Waals surface area contributed by atoms with E-state index in [1.807, 2.05) is 43.8 Å². The summed E-state index contributed by atoms with van der Waals surface area (Å²) in [5.41, 5.74) is 2.46. The molecule has 5 rings (SSSR count). The quantitative estimate of drug-likeness (QED) is 0.419. The molecule has 1 unspecified atom stereocenters. The Balaban J connectivity index is 1.36. The fraction of sp³-hybridized carbons (Fsp3) is 0.517. The number of alkyl carbamates (subject to hydrolysis) is 1. The smallest absolute Gasteiger partial charge is 0.407 e. The molecule has 1 aliphatic heterocycles. The molecule has 0 spiro atoms. The Bertz CT molecular complexity index is 1220. The lowest BCUT2D eigenvalue weighted by atomic mass is 9.93. The molecule has 0 radical (unpaired) electrons. The Morgan fingerprint density at radius 2 is 1.81 bits per heavy atom. The maximum Gasteiger partial charge on any atom is 0.407 e. The van der Waals surface area contributed by atoms with Crippen LogP contribution in [0.2, 0.25) is 0 Å². The maximum atomic E-state index is 12.2. The zero-order chi connectivity index (χ0) is 26.0. The standard InChI is InChI=1S/C29H37N3O5/c1-29(2,3)37-28(34)31-21-9-13-23(14-10-21)36-26-17-20(19-7-11-22(33)12-8-19)16-25-24(26)18-30-32(25)27-6-4-5-15-35-27/h7-8,11-12,16-18,21,23,27,33H,4-6,9-10,13-15H2,1-3H3,(H,31,34)/t21-,23+,27?. The van der Waals surface area contributed by atoms with Gasteiger partial charge in [-0.2, -0.15) is 5.10 Å². The number of rotatable bonds is 5. The number of ether oxygens (including phenoxy) is 3. The molecule has 1 amide bonds. The van der Waals surface area contributed by atoms with Crippen LogP contribution in [0.3, 0.4) is 0 Å². The minimum absolute atomic E-state index is 0.0456.